The van der Waals surface area contributed by atoms with Gasteiger partial charge < -0.3 is 10.3 Å². The highest BCUT2D eigenvalue weighted by Gasteiger charge is 2.16. The first-order chi connectivity index (χ1) is 11.2. The Hall–Kier alpha value is -2.43. The number of hydrogen-bond donors (Lipinski definition) is 2. The van der Waals surface area contributed by atoms with Crippen LogP contribution in [0.15, 0.2) is 41.3 Å². The molecule has 2 aromatic heterocycles. The molecule has 0 unspecified atom stereocenters. The molecule has 1 saturated carbocycles. The maximum absolute atomic E-state index is 12.2. The maximum Gasteiger partial charge on any atom is 0.261 e. The van der Waals surface area contributed by atoms with Crippen molar-refractivity contribution in [3.8, 4) is 11.4 Å². The standard InChI is InChI=1S/C18H21N3O2/c22-17(20-12-13-6-2-1-3-7-13)14-9-10-16(21-18(14)23)15-8-4-5-11-19-15/h4-5,8-11,13H,1-3,6-7,12H2,(H,20,22)(H,21,23). The molecule has 5 heteroatoms. The lowest BCUT2D eigenvalue weighted by Gasteiger charge is -2.21. The van der Waals surface area contributed by atoms with E-state index in [0.29, 0.717) is 23.9 Å². The zero-order chi connectivity index (χ0) is 16.1. The molecule has 23 heavy (non-hydrogen) atoms. The maximum atomic E-state index is 12.2. The van der Waals surface area contributed by atoms with E-state index >= 15 is 0 Å². The van der Waals surface area contributed by atoms with Crippen molar-refractivity contribution in [2.24, 2.45) is 5.92 Å². The highest BCUT2D eigenvalue weighted by atomic mass is 16.2. The molecule has 120 valence electrons. The first-order valence-electron chi connectivity index (χ1n) is 8.17. The number of carbonyl (C=O) groups excluding carboxylic acids is 1. The van der Waals surface area contributed by atoms with Crippen molar-refractivity contribution in [2.45, 2.75) is 32.1 Å². The number of H-pyrrole nitrogens is 1. The molecule has 0 atom stereocenters. The van der Waals surface area contributed by atoms with Crippen LogP contribution in [0.2, 0.25) is 0 Å². The molecular weight excluding hydrogens is 290 g/mol. The number of carbonyl (C=O) groups is 1. The summed E-state index contributed by atoms with van der Waals surface area (Å²) in [6.07, 6.45) is 7.75. The molecule has 0 bridgehead atoms. The number of hydrogen-bond acceptors (Lipinski definition) is 3. The monoisotopic (exact) mass is 311 g/mol. The van der Waals surface area contributed by atoms with Crippen LogP contribution in [-0.4, -0.2) is 22.4 Å². The van der Waals surface area contributed by atoms with Gasteiger partial charge in [0.2, 0.25) is 0 Å². The van der Waals surface area contributed by atoms with Gasteiger partial charge in [0, 0.05) is 12.7 Å². The van der Waals surface area contributed by atoms with E-state index in [1.165, 1.54) is 19.3 Å². The van der Waals surface area contributed by atoms with Crippen LogP contribution in [0.25, 0.3) is 11.4 Å². The van der Waals surface area contributed by atoms with Gasteiger partial charge in [-0.1, -0.05) is 25.3 Å². The topological polar surface area (TPSA) is 74.8 Å². The molecule has 0 radical (unpaired) electrons. The van der Waals surface area contributed by atoms with Gasteiger partial charge in [-0.15, -0.1) is 0 Å². The Balaban J connectivity index is 1.68. The van der Waals surface area contributed by atoms with Crippen LogP contribution in [-0.2, 0) is 0 Å². The average molecular weight is 311 g/mol. The first-order valence-corrected chi connectivity index (χ1v) is 8.17. The number of pyridine rings is 2. The van der Waals surface area contributed by atoms with Crippen LogP contribution < -0.4 is 10.9 Å². The second kappa shape index (κ2) is 7.22. The van der Waals surface area contributed by atoms with E-state index in [-0.39, 0.29) is 17.0 Å². The van der Waals surface area contributed by atoms with Crippen LogP contribution in [0.4, 0.5) is 0 Å². The molecule has 1 aliphatic rings. The van der Waals surface area contributed by atoms with Crippen molar-refractivity contribution < 1.29 is 4.79 Å². The fraction of sp³-hybridized carbons (Fsp3) is 0.389. The normalized spacial score (nSPS) is 15.3. The summed E-state index contributed by atoms with van der Waals surface area (Å²) in [7, 11) is 0. The second-order valence-electron chi connectivity index (χ2n) is 6.04. The second-order valence-corrected chi connectivity index (χ2v) is 6.04. The van der Waals surface area contributed by atoms with Crippen LogP contribution in [0.1, 0.15) is 42.5 Å². The zero-order valence-corrected chi connectivity index (χ0v) is 13.0. The van der Waals surface area contributed by atoms with Crippen molar-refractivity contribution in [2.75, 3.05) is 6.54 Å². The van der Waals surface area contributed by atoms with Crippen molar-refractivity contribution in [3.05, 3.63) is 52.4 Å². The van der Waals surface area contributed by atoms with E-state index in [9.17, 15) is 9.59 Å². The predicted octanol–water partition coefficient (Wildman–Crippen LogP) is 2.75. The summed E-state index contributed by atoms with van der Waals surface area (Å²) in [6.45, 7) is 0.653. The highest BCUT2D eigenvalue weighted by Crippen LogP contribution is 2.22. The fourth-order valence-corrected chi connectivity index (χ4v) is 3.05. The van der Waals surface area contributed by atoms with Gasteiger partial charge in [0.15, 0.2) is 0 Å². The average Bonchev–Trinajstić information content (AvgIpc) is 2.61. The molecule has 2 heterocycles. The third-order valence-corrected chi connectivity index (χ3v) is 4.37. The van der Waals surface area contributed by atoms with Crippen LogP contribution in [0.3, 0.4) is 0 Å². The summed E-state index contributed by atoms with van der Waals surface area (Å²) in [6, 6.07) is 8.77. The van der Waals surface area contributed by atoms with Crippen molar-refractivity contribution in [1.82, 2.24) is 15.3 Å². The number of amides is 1. The smallest absolute Gasteiger partial charge is 0.261 e. The lowest BCUT2D eigenvalue weighted by atomic mass is 9.89. The number of aromatic amines is 1. The Morgan fingerprint density at radius 1 is 1.17 bits per heavy atom. The van der Waals surface area contributed by atoms with Gasteiger partial charge in [0.05, 0.1) is 11.4 Å². The minimum absolute atomic E-state index is 0.153. The van der Waals surface area contributed by atoms with Crippen LogP contribution >= 0.6 is 0 Å². The Bertz CT molecular complexity index is 719. The van der Waals surface area contributed by atoms with E-state index in [2.05, 4.69) is 15.3 Å². The van der Waals surface area contributed by atoms with Gasteiger partial charge in [-0.25, -0.2) is 0 Å². The van der Waals surface area contributed by atoms with Gasteiger partial charge in [-0.05, 0) is 43.0 Å². The SMILES string of the molecule is O=C(NCC1CCCCC1)c1ccc(-c2ccccn2)[nH]c1=O. The minimum Gasteiger partial charge on any atom is -0.352 e. The van der Waals surface area contributed by atoms with E-state index < -0.39 is 0 Å². The Morgan fingerprint density at radius 2 is 2.00 bits per heavy atom. The summed E-state index contributed by atoms with van der Waals surface area (Å²) >= 11 is 0. The molecule has 0 saturated heterocycles. The Labute approximate surface area is 135 Å². The summed E-state index contributed by atoms with van der Waals surface area (Å²) < 4.78 is 0. The largest absolute Gasteiger partial charge is 0.352 e. The van der Waals surface area contributed by atoms with E-state index in [1.54, 1.807) is 18.3 Å². The Morgan fingerprint density at radius 3 is 2.70 bits per heavy atom. The molecule has 1 amide bonds. The predicted molar refractivity (Wildman–Crippen MR) is 89.2 cm³/mol. The summed E-state index contributed by atoms with van der Waals surface area (Å²) in [5, 5.41) is 2.89. The molecule has 2 N–H and O–H groups in total. The van der Waals surface area contributed by atoms with Gasteiger partial charge in [0.1, 0.15) is 5.56 Å². The van der Waals surface area contributed by atoms with Crippen LogP contribution in [0, 0.1) is 5.92 Å². The highest BCUT2D eigenvalue weighted by molar-refractivity contribution is 5.94. The molecule has 1 fully saturated rings. The van der Waals surface area contributed by atoms with Crippen molar-refractivity contribution in [3.63, 3.8) is 0 Å². The van der Waals surface area contributed by atoms with Gasteiger partial charge >= 0.3 is 0 Å². The number of aromatic nitrogens is 2. The number of nitrogens with zero attached hydrogens (tertiary/aromatic N) is 1. The number of nitrogens with one attached hydrogen (secondary N) is 2. The van der Waals surface area contributed by atoms with Crippen molar-refractivity contribution in [1.29, 1.82) is 0 Å². The molecular formula is C18H21N3O2. The molecule has 0 aliphatic heterocycles. The molecule has 5 nitrogen and oxygen atoms in total. The van der Waals surface area contributed by atoms with Crippen LogP contribution in [0.5, 0.6) is 0 Å². The Kier molecular flexibility index (Phi) is 4.86. The van der Waals surface area contributed by atoms with Gasteiger partial charge in [-0.2, -0.15) is 0 Å². The molecule has 1 aliphatic carbocycles. The molecule has 0 spiro atoms. The quantitative estimate of drug-likeness (QED) is 0.911. The molecule has 3 rings (SSSR count). The fourth-order valence-electron chi connectivity index (χ4n) is 3.05. The summed E-state index contributed by atoms with van der Waals surface area (Å²) in [5.41, 5.74) is 1.06. The number of rotatable bonds is 4. The van der Waals surface area contributed by atoms with E-state index in [0.717, 1.165) is 12.8 Å². The van der Waals surface area contributed by atoms with E-state index in [4.69, 9.17) is 0 Å². The van der Waals surface area contributed by atoms with E-state index in [1.807, 2.05) is 18.2 Å². The summed E-state index contributed by atoms with van der Waals surface area (Å²) in [4.78, 5) is 31.3. The third-order valence-electron chi connectivity index (χ3n) is 4.37. The lowest BCUT2D eigenvalue weighted by molar-refractivity contribution is 0.0942. The van der Waals surface area contributed by atoms with Gasteiger partial charge in [-0.3, -0.25) is 14.6 Å². The molecule has 0 aromatic carbocycles. The third kappa shape index (κ3) is 3.86. The summed E-state index contributed by atoms with van der Waals surface area (Å²) in [5.74, 6) is 0.240. The molecule has 2 aromatic rings. The minimum atomic E-state index is -0.380. The first kappa shape index (κ1) is 15.5. The zero-order valence-electron chi connectivity index (χ0n) is 13.0. The van der Waals surface area contributed by atoms with Gasteiger partial charge in [0.25, 0.3) is 11.5 Å². The van der Waals surface area contributed by atoms with Crippen molar-refractivity contribution >= 4 is 5.91 Å². The lowest BCUT2D eigenvalue weighted by Crippen LogP contribution is -2.33.